The molecular weight excluding hydrogens is 221 g/mol. The van der Waals surface area contributed by atoms with Crippen molar-refractivity contribution >= 4 is 11.6 Å². The van der Waals surface area contributed by atoms with Crippen LogP contribution >= 0.6 is 0 Å². The predicted molar refractivity (Wildman–Crippen MR) is 55.5 cm³/mol. The van der Waals surface area contributed by atoms with Crippen LogP contribution in [0.25, 0.3) is 0 Å². The van der Waals surface area contributed by atoms with E-state index in [0.717, 1.165) is 0 Å². The van der Waals surface area contributed by atoms with E-state index in [1.54, 1.807) is 11.9 Å². The highest BCUT2D eigenvalue weighted by atomic mass is 19.4. The molecule has 0 radical (unpaired) electrons. The molecule has 0 aliphatic rings. The third-order valence-electron chi connectivity index (χ3n) is 2.09. The van der Waals surface area contributed by atoms with Crippen LogP contribution in [0.5, 0.6) is 0 Å². The lowest BCUT2D eigenvalue weighted by atomic mass is 10.4. The number of rotatable bonds is 3. The standard InChI is InChI=1S/C9H13F3N4/c1-4-16(3)7-5-6(13-2)14-8(15-7)9(10,11)12/h5H,4H2,1-3H3,(H,13,14,15). The molecule has 0 aromatic carbocycles. The molecule has 0 fully saturated rings. The van der Waals surface area contributed by atoms with Crippen molar-refractivity contribution in [3.63, 3.8) is 0 Å². The normalized spacial score (nSPS) is 11.4. The number of hydrogen-bond donors (Lipinski definition) is 1. The van der Waals surface area contributed by atoms with E-state index in [0.29, 0.717) is 6.54 Å². The third kappa shape index (κ3) is 2.74. The first-order valence-corrected chi connectivity index (χ1v) is 4.73. The molecule has 0 aliphatic heterocycles. The Balaban J connectivity index is 3.21. The summed E-state index contributed by atoms with van der Waals surface area (Å²) in [7, 11) is 3.18. The van der Waals surface area contributed by atoms with Crippen LogP contribution in [0.15, 0.2) is 6.07 Å². The Bertz CT molecular complexity index is 364. The van der Waals surface area contributed by atoms with Crippen molar-refractivity contribution in [2.75, 3.05) is 30.9 Å². The van der Waals surface area contributed by atoms with E-state index in [9.17, 15) is 13.2 Å². The lowest BCUT2D eigenvalue weighted by Gasteiger charge is -2.17. The maximum absolute atomic E-state index is 12.5. The average Bonchev–Trinajstić information content (AvgIpc) is 2.26. The van der Waals surface area contributed by atoms with Crippen LogP contribution in [0.1, 0.15) is 12.7 Å². The highest BCUT2D eigenvalue weighted by Crippen LogP contribution is 2.28. The summed E-state index contributed by atoms with van der Waals surface area (Å²) in [5.41, 5.74) is 0. The van der Waals surface area contributed by atoms with Crippen molar-refractivity contribution < 1.29 is 13.2 Å². The number of halogens is 3. The lowest BCUT2D eigenvalue weighted by molar-refractivity contribution is -0.144. The molecule has 0 aliphatic carbocycles. The van der Waals surface area contributed by atoms with Crippen LogP contribution in [0.3, 0.4) is 0 Å². The summed E-state index contributed by atoms with van der Waals surface area (Å²) in [5, 5.41) is 2.58. The second-order valence-electron chi connectivity index (χ2n) is 3.20. The molecule has 1 aromatic rings. The molecule has 7 heteroatoms. The van der Waals surface area contributed by atoms with Gasteiger partial charge >= 0.3 is 6.18 Å². The minimum absolute atomic E-state index is 0.151. The molecule has 0 bridgehead atoms. The Hall–Kier alpha value is -1.53. The van der Waals surface area contributed by atoms with Crippen LogP contribution < -0.4 is 10.2 Å². The quantitative estimate of drug-likeness (QED) is 0.868. The largest absolute Gasteiger partial charge is 0.451 e. The van der Waals surface area contributed by atoms with Crippen LogP contribution in [0, 0.1) is 0 Å². The Morgan fingerprint density at radius 3 is 2.44 bits per heavy atom. The first-order valence-electron chi connectivity index (χ1n) is 4.73. The van der Waals surface area contributed by atoms with Crippen molar-refractivity contribution in [1.82, 2.24) is 9.97 Å². The summed E-state index contributed by atoms with van der Waals surface area (Å²) < 4.78 is 37.4. The topological polar surface area (TPSA) is 41.0 Å². The maximum Gasteiger partial charge on any atom is 0.451 e. The molecule has 0 amide bonds. The van der Waals surface area contributed by atoms with Gasteiger partial charge in [0.1, 0.15) is 11.6 Å². The number of hydrogen-bond acceptors (Lipinski definition) is 4. The Kier molecular flexibility index (Phi) is 3.56. The van der Waals surface area contributed by atoms with Crippen LogP contribution in [0.4, 0.5) is 24.8 Å². The Morgan fingerprint density at radius 2 is 2.00 bits per heavy atom. The zero-order valence-corrected chi connectivity index (χ0v) is 9.26. The first kappa shape index (κ1) is 12.5. The monoisotopic (exact) mass is 234 g/mol. The van der Waals surface area contributed by atoms with E-state index in [2.05, 4.69) is 15.3 Å². The van der Waals surface area contributed by atoms with Gasteiger partial charge in [-0.25, -0.2) is 9.97 Å². The van der Waals surface area contributed by atoms with E-state index in [1.165, 1.54) is 13.1 Å². The van der Waals surface area contributed by atoms with Crippen LogP contribution in [-0.2, 0) is 6.18 Å². The summed E-state index contributed by atoms with van der Waals surface area (Å²) in [4.78, 5) is 8.45. The van der Waals surface area contributed by atoms with Crippen molar-refractivity contribution in [2.24, 2.45) is 0 Å². The van der Waals surface area contributed by atoms with Crippen molar-refractivity contribution in [2.45, 2.75) is 13.1 Å². The van der Waals surface area contributed by atoms with Gasteiger partial charge in [-0.15, -0.1) is 0 Å². The van der Waals surface area contributed by atoms with E-state index in [1.807, 2.05) is 6.92 Å². The highest BCUT2D eigenvalue weighted by molar-refractivity contribution is 5.48. The first-order chi connectivity index (χ1) is 7.38. The van der Waals surface area contributed by atoms with Gasteiger partial charge in [-0.3, -0.25) is 0 Å². The molecule has 0 spiro atoms. The van der Waals surface area contributed by atoms with Gasteiger partial charge in [0.25, 0.3) is 0 Å². The number of nitrogens with one attached hydrogen (secondary N) is 1. The molecule has 90 valence electrons. The maximum atomic E-state index is 12.5. The molecule has 1 rings (SSSR count). The van der Waals surface area contributed by atoms with Crippen molar-refractivity contribution in [3.05, 3.63) is 11.9 Å². The number of nitrogens with zero attached hydrogens (tertiary/aromatic N) is 3. The fraction of sp³-hybridized carbons (Fsp3) is 0.556. The molecule has 4 nitrogen and oxygen atoms in total. The highest BCUT2D eigenvalue weighted by Gasteiger charge is 2.35. The van der Waals surface area contributed by atoms with E-state index in [-0.39, 0.29) is 11.6 Å². The Labute approximate surface area is 91.5 Å². The molecule has 0 atom stereocenters. The van der Waals surface area contributed by atoms with Gasteiger partial charge in [-0.2, -0.15) is 13.2 Å². The van der Waals surface area contributed by atoms with Crippen LogP contribution in [0.2, 0.25) is 0 Å². The smallest absolute Gasteiger partial charge is 0.373 e. The third-order valence-corrected chi connectivity index (χ3v) is 2.09. The number of anilines is 2. The lowest BCUT2D eigenvalue weighted by Crippen LogP contribution is -2.21. The molecule has 0 saturated carbocycles. The van der Waals surface area contributed by atoms with Gasteiger partial charge in [0.15, 0.2) is 0 Å². The van der Waals surface area contributed by atoms with Gasteiger partial charge in [0, 0.05) is 26.7 Å². The van der Waals surface area contributed by atoms with Crippen molar-refractivity contribution in [3.8, 4) is 0 Å². The summed E-state index contributed by atoms with van der Waals surface area (Å²) in [6.45, 7) is 2.39. The minimum Gasteiger partial charge on any atom is -0.373 e. The van der Waals surface area contributed by atoms with E-state index < -0.39 is 12.0 Å². The molecule has 1 aromatic heterocycles. The van der Waals surface area contributed by atoms with Crippen molar-refractivity contribution in [1.29, 1.82) is 0 Å². The second kappa shape index (κ2) is 4.54. The molecule has 1 N–H and O–H groups in total. The zero-order valence-electron chi connectivity index (χ0n) is 9.26. The van der Waals surface area contributed by atoms with E-state index >= 15 is 0 Å². The van der Waals surface area contributed by atoms with Gasteiger partial charge in [-0.05, 0) is 6.92 Å². The number of alkyl halides is 3. The van der Waals surface area contributed by atoms with Crippen LogP contribution in [-0.4, -0.2) is 30.6 Å². The minimum atomic E-state index is -4.53. The second-order valence-corrected chi connectivity index (χ2v) is 3.20. The summed E-state index contributed by atoms with van der Waals surface area (Å²) in [5.74, 6) is -0.735. The zero-order chi connectivity index (χ0) is 12.3. The molecule has 0 saturated heterocycles. The van der Waals surface area contributed by atoms with Gasteiger partial charge < -0.3 is 10.2 Å². The van der Waals surface area contributed by atoms with Gasteiger partial charge in [-0.1, -0.05) is 0 Å². The molecular formula is C9H13F3N4. The molecule has 16 heavy (non-hydrogen) atoms. The fourth-order valence-corrected chi connectivity index (χ4v) is 1.05. The summed E-state index contributed by atoms with van der Waals surface area (Å²) in [6, 6.07) is 1.47. The number of aromatic nitrogens is 2. The molecule has 0 unspecified atom stereocenters. The average molecular weight is 234 g/mol. The van der Waals surface area contributed by atoms with E-state index in [4.69, 9.17) is 0 Å². The Morgan fingerprint density at radius 1 is 1.38 bits per heavy atom. The fourth-order valence-electron chi connectivity index (χ4n) is 1.05. The van der Waals surface area contributed by atoms with Gasteiger partial charge in [0.05, 0.1) is 0 Å². The summed E-state index contributed by atoms with van der Waals surface area (Å²) >= 11 is 0. The SMILES string of the molecule is CCN(C)c1cc(NC)nc(C(F)(F)F)n1. The summed E-state index contributed by atoms with van der Waals surface area (Å²) in [6.07, 6.45) is -4.53. The van der Waals surface area contributed by atoms with Gasteiger partial charge in [0.2, 0.25) is 5.82 Å². The predicted octanol–water partition coefficient (Wildman–Crippen LogP) is 1.99. The molecule has 1 heterocycles.